The number of hydrogen-bond acceptors (Lipinski definition) is 2. The highest BCUT2D eigenvalue weighted by Crippen LogP contribution is 2.36. The summed E-state index contributed by atoms with van der Waals surface area (Å²) >= 11 is 2.24. The molecule has 1 rings (SSSR count). The van der Waals surface area contributed by atoms with Crippen molar-refractivity contribution >= 4 is 11.8 Å². The normalized spacial score (nSPS) is 31.4. The molecule has 1 nitrogen and oxygen atoms in total. The summed E-state index contributed by atoms with van der Waals surface area (Å²) in [5, 5.41) is 5.45. The van der Waals surface area contributed by atoms with Gasteiger partial charge in [-0.3, -0.25) is 0 Å². The van der Waals surface area contributed by atoms with E-state index in [9.17, 15) is 0 Å². The molecule has 0 saturated heterocycles. The Bertz CT molecular complexity index is 193. The van der Waals surface area contributed by atoms with Gasteiger partial charge in [-0.1, -0.05) is 34.1 Å². The van der Waals surface area contributed by atoms with Gasteiger partial charge in [-0.05, 0) is 44.6 Å². The van der Waals surface area contributed by atoms with Gasteiger partial charge in [0, 0.05) is 16.5 Å². The fourth-order valence-electron chi connectivity index (χ4n) is 2.69. The van der Waals surface area contributed by atoms with E-state index in [1.807, 2.05) is 0 Å². The second kappa shape index (κ2) is 8.42. The lowest BCUT2D eigenvalue weighted by Gasteiger charge is -2.37. The molecular formula is C15H31NS. The minimum absolute atomic E-state index is 0.775. The molecule has 0 radical (unpaired) electrons. The maximum atomic E-state index is 3.77. The molecule has 4 atom stereocenters. The minimum atomic E-state index is 0.775. The van der Waals surface area contributed by atoms with Gasteiger partial charge in [-0.25, -0.2) is 0 Å². The number of rotatable bonds is 7. The first kappa shape index (κ1) is 15.4. The van der Waals surface area contributed by atoms with Gasteiger partial charge in [0.1, 0.15) is 0 Å². The molecule has 1 fully saturated rings. The van der Waals surface area contributed by atoms with Crippen molar-refractivity contribution in [3.05, 3.63) is 0 Å². The maximum absolute atomic E-state index is 3.77. The third-order valence-corrected chi connectivity index (χ3v) is 5.78. The highest BCUT2D eigenvalue weighted by Gasteiger charge is 2.30. The number of thioether (sulfide) groups is 1. The molecule has 0 bridgehead atoms. The zero-order valence-electron chi connectivity index (χ0n) is 12.2. The van der Waals surface area contributed by atoms with E-state index in [-0.39, 0.29) is 0 Å². The van der Waals surface area contributed by atoms with Gasteiger partial charge in [-0.15, -0.1) is 0 Å². The highest BCUT2D eigenvalue weighted by atomic mass is 32.2. The third-order valence-electron chi connectivity index (χ3n) is 4.12. The van der Waals surface area contributed by atoms with Gasteiger partial charge in [0.05, 0.1) is 0 Å². The zero-order chi connectivity index (χ0) is 12.7. The molecule has 17 heavy (non-hydrogen) atoms. The Kier molecular flexibility index (Phi) is 7.61. The van der Waals surface area contributed by atoms with Crippen LogP contribution in [0.1, 0.15) is 66.2 Å². The predicted octanol–water partition coefficient (Wildman–Crippen LogP) is 4.47. The van der Waals surface area contributed by atoms with Crippen LogP contribution >= 0.6 is 11.8 Å². The summed E-state index contributed by atoms with van der Waals surface area (Å²) in [5.41, 5.74) is 0. The fraction of sp³-hybridized carbons (Fsp3) is 1.00. The number of nitrogens with one attached hydrogen (secondary N) is 1. The van der Waals surface area contributed by atoms with Crippen LogP contribution in [0.2, 0.25) is 0 Å². The average molecular weight is 257 g/mol. The van der Waals surface area contributed by atoms with Crippen molar-refractivity contribution in [1.29, 1.82) is 0 Å². The lowest BCUT2D eigenvalue weighted by molar-refractivity contribution is 0.295. The molecule has 0 aromatic heterocycles. The summed E-state index contributed by atoms with van der Waals surface area (Å²) in [6.07, 6.45) is 8.21. The molecule has 0 aromatic carbocycles. The summed E-state index contributed by atoms with van der Waals surface area (Å²) in [4.78, 5) is 0. The van der Waals surface area contributed by atoms with Crippen molar-refractivity contribution in [3.63, 3.8) is 0 Å². The van der Waals surface area contributed by atoms with Crippen LogP contribution in [-0.2, 0) is 0 Å². The topological polar surface area (TPSA) is 12.0 Å². The Labute approximate surface area is 113 Å². The monoisotopic (exact) mass is 257 g/mol. The summed E-state index contributed by atoms with van der Waals surface area (Å²) < 4.78 is 0. The summed E-state index contributed by atoms with van der Waals surface area (Å²) in [6.45, 7) is 10.5. The molecule has 1 N–H and O–H groups in total. The van der Waals surface area contributed by atoms with Gasteiger partial charge in [0.25, 0.3) is 0 Å². The highest BCUT2D eigenvalue weighted by molar-refractivity contribution is 8.00. The molecular weight excluding hydrogens is 226 g/mol. The van der Waals surface area contributed by atoms with Crippen LogP contribution in [0.4, 0.5) is 0 Å². The Morgan fingerprint density at radius 2 is 2.00 bits per heavy atom. The van der Waals surface area contributed by atoms with Gasteiger partial charge < -0.3 is 5.32 Å². The van der Waals surface area contributed by atoms with E-state index in [1.54, 1.807) is 0 Å². The van der Waals surface area contributed by atoms with Crippen molar-refractivity contribution in [2.24, 2.45) is 5.92 Å². The zero-order valence-corrected chi connectivity index (χ0v) is 13.0. The largest absolute Gasteiger partial charge is 0.313 e. The first-order valence-electron chi connectivity index (χ1n) is 7.60. The molecule has 1 saturated carbocycles. The lowest BCUT2D eigenvalue weighted by Crippen LogP contribution is -2.43. The first-order chi connectivity index (χ1) is 8.21. The molecule has 1 aliphatic carbocycles. The summed E-state index contributed by atoms with van der Waals surface area (Å²) in [6, 6.07) is 0.775. The second-order valence-electron chi connectivity index (χ2n) is 5.54. The molecule has 1 aliphatic rings. The van der Waals surface area contributed by atoms with E-state index in [4.69, 9.17) is 0 Å². The van der Waals surface area contributed by atoms with Gasteiger partial charge in [0.15, 0.2) is 0 Å². The van der Waals surface area contributed by atoms with Crippen molar-refractivity contribution in [1.82, 2.24) is 5.32 Å². The fourth-order valence-corrected chi connectivity index (χ4v) is 4.29. The minimum Gasteiger partial charge on any atom is -0.313 e. The quantitative estimate of drug-likeness (QED) is 0.722. The molecule has 102 valence electrons. The van der Waals surface area contributed by atoms with E-state index >= 15 is 0 Å². The van der Waals surface area contributed by atoms with Crippen LogP contribution in [0.5, 0.6) is 0 Å². The molecule has 2 heteroatoms. The van der Waals surface area contributed by atoms with Crippen molar-refractivity contribution in [3.8, 4) is 0 Å². The summed E-state index contributed by atoms with van der Waals surface area (Å²) in [7, 11) is 0. The Hall–Kier alpha value is 0.310. The van der Waals surface area contributed by atoms with E-state index in [2.05, 4.69) is 44.8 Å². The molecule has 0 amide bonds. The lowest BCUT2D eigenvalue weighted by atomic mass is 9.84. The van der Waals surface area contributed by atoms with Gasteiger partial charge in [-0.2, -0.15) is 11.8 Å². The average Bonchev–Trinajstić information content (AvgIpc) is 2.36. The van der Waals surface area contributed by atoms with Crippen molar-refractivity contribution < 1.29 is 0 Å². The van der Waals surface area contributed by atoms with E-state index in [1.165, 1.54) is 45.1 Å². The van der Waals surface area contributed by atoms with Gasteiger partial charge in [0.2, 0.25) is 0 Å². The first-order valence-corrected chi connectivity index (χ1v) is 8.54. The Balaban J connectivity index is 2.48. The van der Waals surface area contributed by atoms with Gasteiger partial charge >= 0.3 is 0 Å². The Morgan fingerprint density at radius 3 is 2.59 bits per heavy atom. The second-order valence-corrected chi connectivity index (χ2v) is 7.22. The van der Waals surface area contributed by atoms with Crippen LogP contribution in [0.15, 0.2) is 0 Å². The molecule has 0 spiro atoms. The van der Waals surface area contributed by atoms with Crippen molar-refractivity contribution in [2.45, 2.75) is 82.8 Å². The number of hydrogen-bond donors (Lipinski definition) is 1. The predicted molar refractivity (Wildman–Crippen MR) is 80.8 cm³/mol. The smallest absolute Gasteiger partial charge is 0.0206 e. The Morgan fingerprint density at radius 1 is 1.24 bits per heavy atom. The van der Waals surface area contributed by atoms with Crippen LogP contribution < -0.4 is 5.32 Å². The molecule has 0 aromatic rings. The summed E-state index contributed by atoms with van der Waals surface area (Å²) in [5.74, 6) is 0.983. The van der Waals surface area contributed by atoms with E-state index in [0.717, 1.165) is 22.5 Å². The SMILES string of the molecule is CCCNC1CCC(CC)CC1SC(C)CC. The molecule has 0 aliphatic heterocycles. The maximum Gasteiger partial charge on any atom is 0.0206 e. The van der Waals surface area contributed by atoms with Crippen molar-refractivity contribution in [2.75, 3.05) is 6.54 Å². The van der Waals surface area contributed by atoms with E-state index in [0.29, 0.717) is 0 Å². The van der Waals surface area contributed by atoms with E-state index < -0.39 is 0 Å². The van der Waals surface area contributed by atoms with Crippen LogP contribution in [0.3, 0.4) is 0 Å². The molecule has 0 heterocycles. The third kappa shape index (κ3) is 5.21. The standard InChI is InChI=1S/C15H31NS/c1-5-10-16-14-9-8-13(7-3)11-15(14)17-12(4)6-2/h12-16H,5-11H2,1-4H3. The molecule has 4 unspecified atom stereocenters. The van der Waals surface area contributed by atoms with Crippen LogP contribution in [0, 0.1) is 5.92 Å². The van der Waals surface area contributed by atoms with Crippen LogP contribution in [-0.4, -0.2) is 23.1 Å². The van der Waals surface area contributed by atoms with Crippen LogP contribution in [0.25, 0.3) is 0 Å².